The monoisotopic (exact) mass is 366 g/mol. The van der Waals surface area contributed by atoms with Crippen LogP contribution in [0.2, 0.25) is 0 Å². The summed E-state index contributed by atoms with van der Waals surface area (Å²) in [7, 11) is 1.81. The van der Waals surface area contributed by atoms with Gasteiger partial charge in [0.2, 0.25) is 0 Å². The van der Waals surface area contributed by atoms with Gasteiger partial charge in [-0.2, -0.15) is 0 Å². The molecular weight excluding hydrogens is 347 g/mol. The average molecular weight is 366 g/mol. The van der Waals surface area contributed by atoms with Gasteiger partial charge in [-0.25, -0.2) is 4.98 Å². The minimum Gasteiger partial charge on any atom is -0.354 e. The van der Waals surface area contributed by atoms with Crippen LogP contribution in [0.25, 0.3) is 0 Å². The number of hydrogen-bond acceptors (Lipinski definition) is 3. The van der Waals surface area contributed by atoms with Crippen LogP contribution < -0.4 is 10.6 Å². The highest BCUT2D eigenvalue weighted by atomic mass is 127. The number of rotatable bonds is 3. The second-order valence-corrected chi connectivity index (χ2v) is 5.02. The Kier molecular flexibility index (Phi) is 6.18. The van der Waals surface area contributed by atoms with Crippen molar-refractivity contribution < 1.29 is 0 Å². The largest absolute Gasteiger partial charge is 0.354 e. The number of aromatic nitrogens is 1. The Morgan fingerprint density at radius 2 is 2.35 bits per heavy atom. The second-order valence-electron chi connectivity index (χ2n) is 4.08. The normalized spacial score (nSPS) is 16.0. The van der Waals surface area contributed by atoms with Crippen LogP contribution in [-0.4, -0.2) is 24.0 Å². The van der Waals surface area contributed by atoms with Crippen molar-refractivity contribution >= 4 is 41.3 Å². The molecule has 1 aliphatic carbocycles. The molecule has 1 aliphatic rings. The van der Waals surface area contributed by atoms with Crippen LogP contribution in [0.4, 0.5) is 0 Å². The standard InChI is InChI=1S/C11H18N4S.HI/c1-8-7-16-10(14-8)6-13-11(12-2)15-9-4-3-5-9;/h7,9H,3-6H2,1-2H3,(H2,12,13,15);1H. The first-order chi connectivity index (χ1) is 7.78. The van der Waals surface area contributed by atoms with Crippen molar-refractivity contribution in [3.05, 3.63) is 16.1 Å². The number of guanidine groups is 1. The van der Waals surface area contributed by atoms with E-state index in [1.165, 1.54) is 19.3 Å². The molecule has 96 valence electrons. The number of aliphatic imine (C=N–C) groups is 1. The minimum absolute atomic E-state index is 0. The Bertz CT molecular complexity index is 373. The van der Waals surface area contributed by atoms with Gasteiger partial charge in [-0.1, -0.05) is 0 Å². The summed E-state index contributed by atoms with van der Waals surface area (Å²) >= 11 is 1.68. The maximum atomic E-state index is 4.40. The van der Waals surface area contributed by atoms with E-state index < -0.39 is 0 Å². The molecular formula is C11H19IN4S. The molecule has 1 heterocycles. The maximum absolute atomic E-state index is 4.40. The van der Waals surface area contributed by atoms with Gasteiger partial charge in [0.1, 0.15) is 5.01 Å². The molecule has 0 aliphatic heterocycles. The average Bonchev–Trinajstić information content (AvgIpc) is 2.62. The van der Waals surface area contributed by atoms with Crippen LogP contribution in [0.5, 0.6) is 0 Å². The highest BCUT2D eigenvalue weighted by molar-refractivity contribution is 14.0. The molecule has 0 radical (unpaired) electrons. The first-order valence-electron chi connectivity index (χ1n) is 5.66. The zero-order valence-electron chi connectivity index (χ0n) is 10.2. The van der Waals surface area contributed by atoms with Gasteiger partial charge in [0.15, 0.2) is 5.96 Å². The predicted molar refractivity (Wildman–Crippen MR) is 83.2 cm³/mol. The Hall–Kier alpha value is -0.370. The molecule has 0 atom stereocenters. The molecule has 1 fully saturated rings. The molecule has 0 bridgehead atoms. The van der Waals surface area contributed by atoms with E-state index in [1.807, 2.05) is 6.92 Å². The molecule has 0 amide bonds. The second kappa shape index (κ2) is 7.15. The summed E-state index contributed by atoms with van der Waals surface area (Å²) in [6.45, 7) is 2.77. The molecule has 1 saturated carbocycles. The summed E-state index contributed by atoms with van der Waals surface area (Å²) in [5, 5.41) is 9.86. The van der Waals surface area contributed by atoms with E-state index in [1.54, 1.807) is 18.4 Å². The lowest BCUT2D eigenvalue weighted by molar-refractivity contribution is 0.380. The number of aryl methyl sites for hydroxylation is 1. The van der Waals surface area contributed by atoms with Crippen LogP contribution in [0.15, 0.2) is 10.4 Å². The minimum atomic E-state index is 0. The van der Waals surface area contributed by atoms with Crippen LogP contribution in [0.1, 0.15) is 30.0 Å². The molecule has 2 N–H and O–H groups in total. The molecule has 0 aromatic carbocycles. The van der Waals surface area contributed by atoms with Crippen molar-refractivity contribution in [2.24, 2.45) is 4.99 Å². The lowest BCUT2D eigenvalue weighted by atomic mass is 9.93. The van der Waals surface area contributed by atoms with Crippen LogP contribution in [-0.2, 0) is 6.54 Å². The first kappa shape index (κ1) is 14.7. The molecule has 0 spiro atoms. The fourth-order valence-corrected chi connectivity index (χ4v) is 2.30. The number of nitrogens with zero attached hydrogens (tertiary/aromatic N) is 2. The molecule has 17 heavy (non-hydrogen) atoms. The Morgan fingerprint density at radius 1 is 1.59 bits per heavy atom. The van der Waals surface area contributed by atoms with E-state index in [-0.39, 0.29) is 24.0 Å². The zero-order chi connectivity index (χ0) is 11.4. The summed E-state index contributed by atoms with van der Waals surface area (Å²) in [6.07, 6.45) is 3.86. The van der Waals surface area contributed by atoms with Gasteiger partial charge in [-0.05, 0) is 26.2 Å². The molecule has 4 nitrogen and oxygen atoms in total. The highest BCUT2D eigenvalue weighted by Gasteiger charge is 2.18. The van der Waals surface area contributed by atoms with Gasteiger partial charge in [0, 0.05) is 24.2 Å². The van der Waals surface area contributed by atoms with Crippen molar-refractivity contribution in [3.63, 3.8) is 0 Å². The van der Waals surface area contributed by atoms with Gasteiger partial charge in [0.05, 0.1) is 6.54 Å². The van der Waals surface area contributed by atoms with Gasteiger partial charge < -0.3 is 10.6 Å². The van der Waals surface area contributed by atoms with E-state index in [2.05, 4.69) is 26.0 Å². The predicted octanol–water partition coefficient (Wildman–Crippen LogP) is 2.29. The summed E-state index contributed by atoms with van der Waals surface area (Å²) in [6, 6.07) is 0.615. The van der Waals surface area contributed by atoms with E-state index in [0.29, 0.717) is 6.04 Å². The van der Waals surface area contributed by atoms with Gasteiger partial charge >= 0.3 is 0 Å². The quantitative estimate of drug-likeness (QED) is 0.490. The summed E-state index contributed by atoms with van der Waals surface area (Å²) in [5.41, 5.74) is 1.09. The number of thiazole rings is 1. The fourth-order valence-electron chi connectivity index (χ4n) is 1.58. The Morgan fingerprint density at radius 3 is 2.82 bits per heavy atom. The van der Waals surface area contributed by atoms with E-state index >= 15 is 0 Å². The van der Waals surface area contributed by atoms with Crippen molar-refractivity contribution in [1.82, 2.24) is 15.6 Å². The van der Waals surface area contributed by atoms with Crippen molar-refractivity contribution in [2.75, 3.05) is 7.05 Å². The number of halogens is 1. The van der Waals surface area contributed by atoms with Crippen molar-refractivity contribution in [3.8, 4) is 0 Å². The molecule has 0 unspecified atom stereocenters. The van der Waals surface area contributed by atoms with Crippen molar-refractivity contribution in [2.45, 2.75) is 38.8 Å². The first-order valence-corrected chi connectivity index (χ1v) is 6.54. The van der Waals surface area contributed by atoms with Gasteiger partial charge in [-0.15, -0.1) is 35.3 Å². The SMILES string of the molecule is CN=C(NCc1nc(C)cs1)NC1CCC1.I. The van der Waals surface area contributed by atoms with Crippen molar-refractivity contribution in [1.29, 1.82) is 0 Å². The lowest BCUT2D eigenvalue weighted by Crippen LogP contribution is -2.45. The smallest absolute Gasteiger partial charge is 0.191 e. The highest BCUT2D eigenvalue weighted by Crippen LogP contribution is 2.17. The summed E-state index contributed by atoms with van der Waals surface area (Å²) in [4.78, 5) is 8.61. The fraction of sp³-hybridized carbons (Fsp3) is 0.636. The maximum Gasteiger partial charge on any atom is 0.191 e. The molecule has 6 heteroatoms. The third-order valence-corrected chi connectivity index (χ3v) is 3.71. The molecule has 1 aromatic heterocycles. The topological polar surface area (TPSA) is 49.3 Å². The van der Waals surface area contributed by atoms with Crippen LogP contribution in [0.3, 0.4) is 0 Å². The van der Waals surface area contributed by atoms with E-state index in [9.17, 15) is 0 Å². The van der Waals surface area contributed by atoms with Gasteiger partial charge in [0.25, 0.3) is 0 Å². The number of hydrogen-bond donors (Lipinski definition) is 2. The number of nitrogens with one attached hydrogen (secondary N) is 2. The van der Waals surface area contributed by atoms with Crippen LogP contribution >= 0.6 is 35.3 Å². The zero-order valence-corrected chi connectivity index (χ0v) is 13.3. The lowest BCUT2D eigenvalue weighted by Gasteiger charge is -2.28. The van der Waals surface area contributed by atoms with Crippen LogP contribution in [0, 0.1) is 6.92 Å². The molecule has 0 saturated heterocycles. The molecule has 1 aromatic rings. The summed E-state index contributed by atoms with van der Waals surface area (Å²) < 4.78 is 0. The third-order valence-electron chi connectivity index (χ3n) is 2.74. The summed E-state index contributed by atoms with van der Waals surface area (Å²) in [5.74, 6) is 0.887. The Labute approximate surface area is 123 Å². The third kappa shape index (κ3) is 4.42. The van der Waals surface area contributed by atoms with E-state index in [4.69, 9.17) is 0 Å². The van der Waals surface area contributed by atoms with Gasteiger partial charge in [-0.3, -0.25) is 4.99 Å². The van der Waals surface area contributed by atoms with E-state index in [0.717, 1.165) is 23.2 Å². The Balaban J connectivity index is 0.00000144. The molecule has 2 rings (SSSR count).